The predicted molar refractivity (Wildman–Crippen MR) is 133 cm³/mol. The zero-order chi connectivity index (χ0) is 22.9. The van der Waals surface area contributed by atoms with Gasteiger partial charge in [-0.3, -0.25) is 9.59 Å². The first kappa shape index (κ1) is 21.6. The van der Waals surface area contributed by atoms with Crippen LogP contribution >= 0.6 is 34.7 Å². The molecular weight excluding hydrogens is 481 g/mol. The van der Waals surface area contributed by atoms with Crippen LogP contribution in [0.1, 0.15) is 16.1 Å². The topological polar surface area (TPSA) is 74.8 Å². The number of halogens is 2. The van der Waals surface area contributed by atoms with Crippen LogP contribution in [0.3, 0.4) is 0 Å². The predicted octanol–water partition coefficient (Wildman–Crippen LogP) is 6.47. The summed E-state index contributed by atoms with van der Waals surface area (Å²) < 4.78 is 15.1. The molecule has 0 spiro atoms. The van der Waals surface area contributed by atoms with Crippen LogP contribution in [-0.2, 0) is 5.75 Å². The number of fused-ring (bicyclic) bond motifs is 2. The SMILES string of the molecule is O=C(Nc1ccc2nc(SCc3cc(=O)c4cccc(Cl)c4[nH]3)sc2c1)c1cccc(F)c1. The monoisotopic (exact) mass is 495 g/mol. The van der Waals surface area contributed by atoms with E-state index >= 15 is 0 Å². The van der Waals surface area contributed by atoms with Crippen LogP contribution in [0.15, 0.2) is 75.9 Å². The first-order chi connectivity index (χ1) is 16.0. The molecule has 1 amide bonds. The van der Waals surface area contributed by atoms with Gasteiger partial charge in [-0.25, -0.2) is 9.37 Å². The number of H-pyrrole nitrogens is 1. The minimum atomic E-state index is -0.461. The fraction of sp³-hybridized carbons (Fsp3) is 0.0417. The van der Waals surface area contributed by atoms with Gasteiger partial charge in [0.2, 0.25) is 0 Å². The van der Waals surface area contributed by atoms with Gasteiger partial charge in [-0.15, -0.1) is 11.3 Å². The lowest BCUT2D eigenvalue weighted by molar-refractivity contribution is 0.102. The van der Waals surface area contributed by atoms with Gasteiger partial charge in [-0.2, -0.15) is 0 Å². The number of pyridine rings is 1. The van der Waals surface area contributed by atoms with E-state index in [1.807, 2.05) is 12.1 Å². The second-order valence-electron chi connectivity index (χ2n) is 7.24. The summed E-state index contributed by atoms with van der Waals surface area (Å²) >= 11 is 9.23. The van der Waals surface area contributed by atoms with Crippen LogP contribution in [-0.4, -0.2) is 15.9 Å². The minimum absolute atomic E-state index is 0.0789. The molecule has 2 aromatic heterocycles. The Kier molecular flexibility index (Phi) is 5.88. The normalized spacial score (nSPS) is 11.2. The Morgan fingerprint density at radius 1 is 1.12 bits per heavy atom. The first-order valence-corrected chi connectivity index (χ1v) is 12.0. The molecule has 0 fully saturated rings. The van der Waals surface area contributed by atoms with Gasteiger partial charge in [0, 0.05) is 34.2 Å². The number of anilines is 1. The number of amides is 1. The van der Waals surface area contributed by atoms with E-state index in [4.69, 9.17) is 11.6 Å². The van der Waals surface area contributed by atoms with Crippen molar-refractivity contribution in [2.45, 2.75) is 10.1 Å². The van der Waals surface area contributed by atoms with Gasteiger partial charge in [0.15, 0.2) is 9.77 Å². The summed E-state index contributed by atoms with van der Waals surface area (Å²) in [6.45, 7) is 0. The molecule has 0 atom stereocenters. The van der Waals surface area contributed by atoms with Gasteiger partial charge in [-0.05, 0) is 48.5 Å². The van der Waals surface area contributed by atoms with E-state index in [2.05, 4.69) is 15.3 Å². The van der Waals surface area contributed by atoms with Gasteiger partial charge in [-0.1, -0.05) is 35.5 Å². The third kappa shape index (κ3) is 4.64. The van der Waals surface area contributed by atoms with Crippen molar-refractivity contribution in [3.63, 3.8) is 0 Å². The van der Waals surface area contributed by atoms with Crippen molar-refractivity contribution in [1.82, 2.24) is 9.97 Å². The first-order valence-electron chi connectivity index (χ1n) is 9.87. The molecule has 5 aromatic rings. The molecular formula is C24H15ClFN3O2S2. The molecule has 164 valence electrons. The van der Waals surface area contributed by atoms with Crippen LogP contribution in [0, 0.1) is 5.82 Å². The Balaban J connectivity index is 1.33. The highest BCUT2D eigenvalue weighted by Crippen LogP contribution is 2.33. The summed E-state index contributed by atoms with van der Waals surface area (Å²) in [6, 6.07) is 17.8. The number of nitrogens with one attached hydrogen (secondary N) is 2. The molecule has 0 unspecified atom stereocenters. The van der Waals surface area contributed by atoms with Crippen LogP contribution in [0.2, 0.25) is 5.02 Å². The van der Waals surface area contributed by atoms with E-state index in [1.54, 1.807) is 36.4 Å². The van der Waals surface area contributed by atoms with Crippen molar-refractivity contribution in [3.05, 3.63) is 99.1 Å². The molecule has 0 radical (unpaired) electrons. The summed E-state index contributed by atoms with van der Waals surface area (Å²) in [6.07, 6.45) is 0. The number of aromatic amines is 1. The number of para-hydroxylation sites is 1. The van der Waals surface area contributed by atoms with Crippen molar-refractivity contribution >= 4 is 67.4 Å². The molecule has 0 saturated carbocycles. The Hall–Kier alpha value is -3.20. The number of rotatable bonds is 5. The average Bonchev–Trinajstić information content (AvgIpc) is 3.21. The molecule has 33 heavy (non-hydrogen) atoms. The summed E-state index contributed by atoms with van der Waals surface area (Å²) in [7, 11) is 0. The van der Waals surface area contributed by atoms with Gasteiger partial charge < -0.3 is 10.3 Å². The molecule has 0 saturated heterocycles. The van der Waals surface area contributed by atoms with Gasteiger partial charge >= 0.3 is 0 Å². The van der Waals surface area contributed by atoms with E-state index in [1.165, 1.54) is 41.3 Å². The fourth-order valence-corrected chi connectivity index (χ4v) is 5.62. The molecule has 5 rings (SSSR count). The maximum Gasteiger partial charge on any atom is 0.255 e. The third-order valence-electron chi connectivity index (χ3n) is 4.93. The lowest BCUT2D eigenvalue weighted by Gasteiger charge is -2.05. The highest BCUT2D eigenvalue weighted by atomic mass is 35.5. The maximum absolute atomic E-state index is 13.4. The van der Waals surface area contributed by atoms with Crippen LogP contribution in [0.4, 0.5) is 10.1 Å². The van der Waals surface area contributed by atoms with E-state index < -0.39 is 5.82 Å². The molecule has 2 N–H and O–H groups in total. The summed E-state index contributed by atoms with van der Waals surface area (Å²) in [4.78, 5) is 32.6. The largest absolute Gasteiger partial charge is 0.356 e. The second-order valence-corrected chi connectivity index (χ2v) is 9.90. The minimum Gasteiger partial charge on any atom is -0.356 e. The molecule has 3 aromatic carbocycles. The van der Waals surface area contributed by atoms with Crippen molar-refractivity contribution in [2.75, 3.05) is 5.32 Å². The zero-order valence-electron chi connectivity index (χ0n) is 16.9. The van der Waals surface area contributed by atoms with E-state index in [-0.39, 0.29) is 16.9 Å². The van der Waals surface area contributed by atoms with Crippen LogP contribution < -0.4 is 10.7 Å². The summed E-state index contributed by atoms with van der Waals surface area (Å²) in [5.41, 5.74) is 2.97. The van der Waals surface area contributed by atoms with Crippen molar-refractivity contribution in [2.24, 2.45) is 0 Å². The third-order valence-corrected chi connectivity index (χ3v) is 7.46. The zero-order valence-corrected chi connectivity index (χ0v) is 19.3. The molecule has 0 aliphatic rings. The molecule has 0 aliphatic carbocycles. The molecule has 0 bridgehead atoms. The van der Waals surface area contributed by atoms with E-state index in [0.29, 0.717) is 27.4 Å². The number of benzene rings is 3. The smallest absolute Gasteiger partial charge is 0.255 e. The number of hydrogen-bond donors (Lipinski definition) is 2. The summed E-state index contributed by atoms with van der Waals surface area (Å²) in [5.74, 6) is -0.316. The Labute approximate surface area is 200 Å². The van der Waals surface area contributed by atoms with Gasteiger partial charge in [0.1, 0.15) is 5.82 Å². The number of carbonyl (C=O) groups excluding carboxylic acids is 1. The average molecular weight is 496 g/mol. The number of carbonyl (C=O) groups is 1. The highest BCUT2D eigenvalue weighted by molar-refractivity contribution is 8.00. The number of thioether (sulfide) groups is 1. The molecule has 5 nitrogen and oxygen atoms in total. The van der Waals surface area contributed by atoms with Crippen molar-refractivity contribution in [1.29, 1.82) is 0 Å². The van der Waals surface area contributed by atoms with E-state index in [9.17, 15) is 14.0 Å². The molecule has 2 heterocycles. The Morgan fingerprint density at radius 2 is 1.97 bits per heavy atom. The molecule has 0 aliphatic heterocycles. The Morgan fingerprint density at radius 3 is 2.82 bits per heavy atom. The number of aromatic nitrogens is 2. The highest BCUT2D eigenvalue weighted by Gasteiger charge is 2.11. The van der Waals surface area contributed by atoms with Crippen molar-refractivity contribution in [3.8, 4) is 0 Å². The number of thiazole rings is 1. The van der Waals surface area contributed by atoms with Crippen LogP contribution in [0.5, 0.6) is 0 Å². The lowest BCUT2D eigenvalue weighted by Crippen LogP contribution is -2.11. The van der Waals surface area contributed by atoms with Gasteiger partial charge in [0.05, 0.1) is 20.8 Å². The van der Waals surface area contributed by atoms with E-state index in [0.717, 1.165) is 20.3 Å². The quantitative estimate of drug-likeness (QED) is 0.274. The number of nitrogens with zero attached hydrogens (tertiary/aromatic N) is 1. The fourth-order valence-electron chi connectivity index (χ4n) is 3.38. The van der Waals surface area contributed by atoms with Gasteiger partial charge in [0.25, 0.3) is 5.91 Å². The molecule has 9 heteroatoms. The number of hydrogen-bond acceptors (Lipinski definition) is 5. The van der Waals surface area contributed by atoms with Crippen LogP contribution in [0.25, 0.3) is 21.1 Å². The van der Waals surface area contributed by atoms with Crippen molar-refractivity contribution < 1.29 is 9.18 Å². The maximum atomic E-state index is 13.4. The second kappa shape index (κ2) is 8.97. The Bertz CT molecular complexity index is 1580. The summed E-state index contributed by atoms with van der Waals surface area (Å²) in [5, 5.41) is 3.85. The standard InChI is InChI=1S/C24H15ClFN3O2S2/c25-18-6-2-5-17-20(30)10-16(27-22(17)18)12-32-24-29-19-8-7-15(11-21(19)33-24)28-23(31)13-3-1-4-14(26)9-13/h1-11H,12H2,(H,27,30)(H,28,31). The lowest BCUT2D eigenvalue weighted by atomic mass is 10.2.